The van der Waals surface area contributed by atoms with Gasteiger partial charge in [0.1, 0.15) is 11.6 Å². The number of aryl methyl sites for hydroxylation is 1. The third kappa shape index (κ3) is 5.01. The first kappa shape index (κ1) is 19.7. The molecule has 0 aliphatic rings. The van der Waals surface area contributed by atoms with E-state index >= 15 is 0 Å². The van der Waals surface area contributed by atoms with E-state index in [1.165, 1.54) is 9.13 Å². The molecular weight excluding hydrogens is 453 g/mol. The lowest BCUT2D eigenvalue weighted by atomic mass is 10.1. The summed E-state index contributed by atoms with van der Waals surface area (Å²) in [7, 11) is 1.72. The van der Waals surface area contributed by atoms with Gasteiger partial charge in [-0.05, 0) is 72.3 Å². The highest BCUT2D eigenvalue weighted by atomic mass is 127. The molecule has 0 atom stereocenters. The molecule has 0 spiro atoms. The monoisotopic (exact) mass is 477 g/mol. The fourth-order valence-electron chi connectivity index (χ4n) is 3.17. The van der Waals surface area contributed by atoms with Crippen LogP contribution in [0, 0.1) is 10.5 Å². The molecule has 3 N–H and O–H groups in total. The summed E-state index contributed by atoms with van der Waals surface area (Å²) in [5.74, 6) is 1.71. The van der Waals surface area contributed by atoms with Gasteiger partial charge in [0.25, 0.3) is 0 Å². The SMILES string of the molecule is COc1c(C)cc(I)cc1CNCCCNc1cc(=O)c2ccccc2[nH]1. The summed E-state index contributed by atoms with van der Waals surface area (Å²) >= 11 is 2.33. The summed E-state index contributed by atoms with van der Waals surface area (Å²) in [6, 6.07) is 13.4. The van der Waals surface area contributed by atoms with Crippen molar-refractivity contribution in [2.75, 3.05) is 25.5 Å². The van der Waals surface area contributed by atoms with Gasteiger partial charge in [-0.2, -0.15) is 0 Å². The number of nitrogens with one attached hydrogen (secondary N) is 3. The van der Waals surface area contributed by atoms with Gasteiger partial charge in [-0.25, -0.2) is 0 Å². The highest BCUT2D eigenvalue weighted by Gasteiger charge is 2.07. The fourth-order valence-corrected chi connectivity index (χ4v) is 4.02. The Bertz CT molecular complexity index is 985. The van der Waals surface area contributed by atoms with E-state index in [4.69, 9.17) is 4.74 Å². The zero-order valence-electron chi connectivity index (χ0n) is 15.6. The number of para-hydroxylation sites is 1. The number of hydrogen-bond acceptors (Lipinski definition) is 4. The van der Waals surface area contributed by atoms with Crippen LogP contribution >= 0.6 is 22.6 Å². The van der Waals surface area contributed by atoms with Gasteiger partial charge in [-0.3, -0.25) is 4.79 Å². The molecule has 0 bridgehead atoms. The predicted molar refractivity (Wildman–Crippen MR) is 120 cm³/mol. The zero-order chi connectivity index (χ0) is 19.2. The van der Waals surface area contributed by atoms with Crippen LogP contribution < -0.4 is 20.8 Å². The molecule has 0 aliphatic carbocycles. The molecule has 0 aliphatic heterocycles. The summed E-state index contributed by atoms with van der Waals surface area (Å²) < 4.78 is 6.74. The molecule has 27 heavy (non-hydrogen) atoms. The van der Waals surface area contributed by atoms with Gasteiger partial charge in [0, 0.05) is 33.7 Å². The van der Waals surface area contributed by atoms with E-state index in [1.54, 1.807) is 13.2 Å². The molecule has 0 saturated carbocycles. The highest BCUT2D eigenvalue weighted by molar-refractivity contribution is 14.1. The predicted octanol–water partition coefficient (Wildman–Crippen LogP) is 4.04. The van der Waals surface area contributed by atoms with Gasteiger partial charge in [-0.1, -0.05) is 12.1 Å². The van der Waals surface area contributed by atoms with Crippen molar-refractivity contribution in [1.82, 2.24) is 10.3 Å². The van der Waals surface area contributed by atoms with Gasteiger partial charge < -0.3 is 20.4 Å². The molecule has 0 saturated heterocycles. The molecule has 142 valence electrons. The summed E-state index contributed by atoms with van der Waals surface area (Å²) in [6.45, 7) is 4.49. The minimum atomic E-state index is 0.0334. The standard InChI is InChI=1S/C21H24IN3O2/c1-14-10-16(22)11-15(21(14)27-2)13-23-8-5-9-24-20-12-19(26)17-6-3-4-7-18(17)25-20/h3-4,6-7,10-12,23H,5,8-9,13H2,1-2H3,(H2,24,25,26). The van der Waals surface area contributed by atoms with Crippen molar-refractivity contribution in [1.29, 1.82) is 0 Å². The molecule has 3 rings (SSSR count). The van der Waals surface area contributed by atoms with Crippen molar-refractivity contribution in [3.8, 4) is 5.75 Å². The average molecular weight is 477 g/mol. The molecule has 1 aromatic heterocycles. The molecule has 2 aromatic carbocycles. The van der Waals surface area contributed by atoms with Gasteiger partial charge in [-0.15, -0.1) is 0 Å². The third-order valence-corrected chi connectivity index (χ3v) is 5.04. The number of aromatic nitrogens is 1. The number of rotatable bonds is 8. The Morgan fingerprint density at radius 1 is 1.15 bits per heavy atom. The number of benzene rings is 2. The summed E-state index contributed by atoms with van der Waals surface area (Å²) in [5, 5.41) is 7.47. The van der Waals surface area contributed by atoms with Gasteiger partial charge >= 0.3 is 0 Å². The third-order valence-electron chi connectivity index (χ3n) is 4.42. The van der Waals surface area contributed by atoms with Crippen molar-refractivity contribution in [3.05, 3.63) is 67.4 Å². The van der Waals surface area contributed by atoms with Crippen LogP contribution in [0.25, 0.3) is 10.9 Å². The van der Waals surface area contributed by atoms with Crippen LogP contribution in [0.2, 0.25) is 0 Å². The topological polar surface area (TPSA) is 66.2 Å². The van der Waals surface area contributed by atoms with E-state index in [9.17, 15) is 4.79 Å². The number of fused-ring (bicyclic) bond motifs is 1. The Kier molecular flexibility index (Phi) is 6.73. The lowest BCUT2D eigenvalue weighted by molar-refractivity contribution is 0.404. The minimum Gasteiger partial charge on any atom is -0.496 e. The van der Waals surface area contributed by atoms with Gasteiger partial charge in [0.05, 0.1) is 12.6 Å². The molecule has 5 nitrogen and oxygen atoms in total. The van der Waals surface area contributed by atoms with Crippen LogP contribution in [-0.2, 0) is 6.54 Å². The molecule has 0 radical (unpaired) electrons. The van der Waals surface area contributed by atoms with E-state index in [2.05, 4.69) is 57.3 Å². The van der Waals surface area contributed by atoms with Gasteiger partial charge in [0.15, 0.2) is 5.43 Å². The van der Waals surface area contributed by atoms with E-state index in [0.29, 0.717) is 5.39 Å². The highest BCUT2D eigenvalue weighted by Crippen LogP contribution is 2.25. The maximum atomic E-state index is 12.1. The maximum absolute atomic E-state index is 12.1. The average Bonchev–Trinajstić information content (AvgIpc) is 2.64. The van der Waals surface area contributed by atoms with Crippen molar-refractivity contribution in [2.24, 2.45) is 0 Å². The number of halogens is 1. The normalized spacial score (nSPS) is 10.9. The second kappa shape index (κ2) is 9.23. The van der Waals surface area contributed by atoms with Crippen LogP contribution in [0.1, 0.15) is 17.5 Å². The number of ether oxygens (including phenoxy) is 1. The summed E-state index contributed by atoms with van der Waals surface area (Å²) in [5.41, 5.74) is 3.22. The molecule has 0 unspecified atom stereocenters. The van der Waals surface area contributed by atoms with Crippen molar-refractivity contribution in [2.45, 2.75) is 19.9 Å². The second-order valence-corrected chi connectivity index (χ2v) is 7.71. The zero-order valence-corrected chi connectivity index (χ0v) is 17.7. The molecule has 1 heterocycles. The van der Waals surface area contributed by atoms with E-state index in [1.807, 2.05) is 24.3 Å². The molecule has 6 heteroatoms. The molecular formula is C21H24IN3O2. The Hall–Kier alpha value is -2.06. The summed E-state index contributed by atoms with van der Waals surface area (Å²) in [6.07, 6.45) is 0.945. The van der Waals surface area contributed by atoms with Crippen molar-refractivity contribution < 1.29 is 4.74 Å². The Balaban J connectivity index is 1.48. The van der Waals surface area contributed by atoms with Crippen LogP contribution in [0.15, 0.2) is 47.3 Å². The largest absolute Gasteiger partial charge is 0.496 e. The van der Waals surface area contributed by atoms with Gasteiger partial charge in [0.2, 0.25) is 0 Å². The number of H-pyrrole nitrogens is 1. The molecule has 0 amide bonds. The minimum absolute atomic E-state index is 0.0334. The Labute approximate surface area is 172 Å². The fraction of sp³-hybridized carbons (Fsp3) is 0.286. The Morgan fingerprint density at radius 2 is 1.96 bits per heavy atom. The van der Waals surface area contributed by atoms with Crippen LogP contribution in [0.4, 0.5) is 5.82 Å². The van der Waals surface area contributed by atoms with Crippen molar-refractivity contribution >= 4 is 39.3 Å². The quantitative estimate of drug-likeness (QED) is 0.339. The van der Waals surface area contributed by atoms with E-state index in [0.717, 1.165) is 48.7 Å². The summed E-state index contributed by atoms with van der Waals surface area (Å²) in [4.78, 5) is 15.4. The first-order chi connectivity index (χ1) is 13.1. The molecule has 0 fully saturated rings. The number of anilines is 1. The van der Waals surface area contributed by atoms with Crippen LogP contribution in [0.3, 0.4) is 0 Å². The number of aromatic amines is 1. The number of hydrogen-bond donors (Lipinski definition) is 3. The lowest BCUT2D eigenvalue weighted by Gasteiger charge is -2.13. The maximum Gasteiger partial charge on any atom is 0.191 e. The van der Waals surface area contributed by atoms with Crippen LogP contribution in [-0.4, -0.2) is 25.2 Å². The Morgan fingerprint density at radius 3 is 2.78 bits per heavy atom. The molecule has 3 aromatic rings. The van der Waals surface area contributed by atoms with Crippen molar-refractivity contribution in [3.63, 3.8) is 0 Å². The van der Waals surface area contributed by atoms with E-state index in [-0.39, 0.29) is 5.43 Å². The first-order valence-electron chi connectivity index (χ1n) is 8.98. The smallest absolute Gasteiger partial charge is 0.191 e. The van der Waals surface area contributed by atoms with Crippen LogP contribution in [0.5, 0.6) is 5.75 Å². The van der Waals surface area contributed by atoms with E-state index < -0.39 is 0 Å². The lowest BCUT2D eigenvalue weighted by Crippen LogP contribution is -2.19. The number of pyridine rings is 1. The first-order valence-corrected chi connectivity index (χ1v) is 10.1. The second-order valence-electron chi connectivity index (χ2n) is 6.47. The number of methoxy groups -OCH3 is 1.